The van der Waals surface area contributed by atoms with Crippen molar-refractivity contribution in [1.29, 1.82) is 0 Å². The van der Waals surface area contributed by atoms with E-state index in [1.165, 1.54) is 6.08 Å². The number of aliphatic carboxylic acids is 1. The summed E-state index contributed by atoms with van der Waals surface area (Å²) in [7, 11) is 0. The topological polar surface area (TPSA) is 80.5 Å². The number of carboxylic acids is 1. The second-order valence-corrected chi connectivity index (χ2v) is 6.37. The molecule has 0 spiro atoms. The van der Waals surface area contributed by atoms with E-state index >= 15 is 0 Å². The summed E-state index contributed by atoms with van der Waals surface area (Å²) in [5.74, 6) is -0.924. The normalized spacial score (nSPS) is 22.0. The molecule has 7 heteroatoms. The first-order valence-corrected chi connectivity index (χ1v) is 7.92. The average molecular weight is 319 g/mol. The van der Waals surface area contributed by atoms with Crippen LogP contribution in [0.25, 0.3) is 0 Å². The molecule has 0 amide bonds. The van der Waals surface area contributed by atoms with Gasteiger partial charge in [0.05, 0.1) is 11.6 Å². The Kier molecular flexibility index (Phi) is 3.87. The molecule has 0 atom stereocenters. The van der Waals surface area contributed by atoms with Gasteiger partial charge in [0.1, 0.15) is 11.4 Å². The average Bonchev–Trinajstić information content (AvgIpc) is 3.36. The highest BCUT2D eigenvalue weighted by molar-refractivity contribution is 6.22. The van der Waals surface area contributed by atoms with Crippen LogP contribution in [-0.2, 0) is 14.4 Å². The van der Waals surface area contributed by atoms with E-state index in [1.54, 1.807) is 13.8 Å². The molecule has 3 heterocycles. The van der Waals surface area contributed by atoms with Crippen molar-refractivity contribution >= 4 is 17.5 Å². The van der Waals surface area contributed by atoms with Gasteiger partial charge in [-0.05, 0) is 0 Å². The molecule has 0 radical (unpaired) electrons. The lowest BCUT2D eigenvalue weighted by atomic mass is 10.0. The second kappa shape index (κ2) is 5.72. The maximum Gasteiger partial charge on any atom is 0.305 e. The van der Waals surface area contributed by atoms with Crippen LogP contribution in [0.15, 0.2) is 23.2 Å². The molecular formula is C16H21N3O4. The lowest BCUT2D eigenvalue weighted by molar-refractivity contribution is -0.140. The van der Waals surface area contributed by atoms with Gasteiger partial charge >= 0.3 is 5.97 Å². The molecule has 3 aliphatic heterocycles. The molecule has 0 aromatic heterocycles. The van der Waals surface area contributed by atoms with Crippen LogP contribution in [0.5, 0.6) is 0 Å². The van der Waals surface area contributed by atoms with Gasteiger partial charge in [0.15, 0.2) is 0 Å². The molecule has 0 unspecified atom stereocenters. The van der Waals surface area contributed by atoms with Gasteiger partial charge in [-0.3, -0.25) is 14.4 Å². The Morgan fingerprint density at radius 1 is 0.957 bits per heavy atom. The van der Waals surface area contributed by atoms with Gasteiger partial charge in [0.25, 0.3) is 0 Å². The molecule has 3 fully saturated rings. The van der Waals surface area contributed by atoms with Crippen molar-refractivity contribution in [2.75, 3.05) is 39.3 Å². The Labute approximate surface area is 134 Å². The van der Waals surface area contributed by atoms with Crippen LogP contribution in [0.4, 0.5) is 0 Å². The van der Waals surface area contributed by atoms with Gasteiger partial charge in [-0.15, -0.1) is 0 Å². The number of hydrogen-bond donors (Lipinski definition) is 1. The summed E-state index contributed by atoms with van der Waals surface area (Å²) < 4.78 is 0. The maximum atomic E-state index is 12.4. The van der Waals surface area contributed by atoms with Crippen LogP contribution in [0.2, 0.25) is 0 Å². The van der Waals surface area contributed by atoms with Crippen LogP contribution < -0.4 is 0 Å². The van der Waals surface area contributed by atoms with E-state index in [-0.39, 0.29) is 17.5 Å². The Balaban J connectivity index is 0.000000227. The van der Waals surface area contributed by atoms with Gasteiger partial charge in [0, 0.05) is 45.3 Å². The predicted molar refractivity (Wildman–Crippen MR) is 82.3 cm³/mol. The third kappa shape index (κ3) is 3.38. The van der Waals surface area contributed by atoms with E-state index in [0.717, 1.165) is 39.3 Å². The molecule has 4 aliphatic rings. The summed E-state index contributed by atoms with van der Waals surface area (Å²) in [6, 6.07) is 0. The molecule has 4 rings (SSSR count). The van der Waals surface area contributed by atoms with Gasteiger partial charge in [-0.25, -0.2) is 0 Å². The monoisotopic (exact) mass is 319 g/mol. The number of carboxylic acid groups (broad SMARTS) is 1. The van der Waals surface area contributed by atoms with Crippen molar-refractivity contribution in [1.82, 2.24) is 14.7 Å². The van der Waals surface area contributed by atoms with Crippen molar-refractivity contribution < 1.29 is 19.5 Å². The fraction of sp³-hybridized carbons (Fsp3) is 0.562. The molecule has 0 aromatic rings. The van der Waals surface area contributed by atoms with E-state index < -0.39 is 5.97 Å². The maximum absolute atomic E-state index is 12.4. The zero-order valence-electron chi connectivity index (χ0n) is 13.4. The zero-order chi connectivity index (χ0) is 16.7. The molecule has 124 valence electrons. The van der Waals surface area contributed by atoms with Crippen molar-refractivity contribution in [2.24, 2.45) is 5.92 Å². The van der Waals surface area contributed by atoms with E-state index in [1.807, 2.05) is 14.7 Å². The third-order valence-corrected chi connectivity index (χ3v) is 3.98. The smallest absolute Gasteiger partial charge is 0.305 e. The fourth-order valence-corrected chi connectivity index (χ4v) is 2.28. The molecule has 1 N–H and O–H groups in total. The molecule has 1 aliphatic carbocycles. The summed E-state index contributed by atoms with van der Waals surface area (Å²) in [6.45, 7) is 8.69. The summed E-state index contributed by atoms with van der Waals surface area (Å²) >= 11 is 0. The number of nitrogens with zero attached hydrogens (tertiary/aromatic N) is 3. The first kappa shape index (κ1) is 15.6. The number of carbonyl (C=O) groups excluding carboxylic acids is 2. The first-order valence-electron chi connectivity index (χ1n) is 7.92. The standard InChI is InChI=1S/C12H13N3O2.C4H8O2/c16-9-7-8(13-1-2-13)12(17)11(15-5-6-15)10(9)14-3-4-14;1-3(2)4(5)6/h7H,1-6H2;3H,1-2H3,(H,5,6). The Bertz CT molecular complexity index is 623. The minimum Gasteiger partial charge on any atom is -0.481 e. The first-order chi connectivity index (χ1) is 10.9. The van der Waals surface area contributed by atoms with Crippen LogP contribution in [0, 0.1) is 5.92 Å². The fourth-order valence-electron chi connectivity index (χ4n) is 2.28. The highest BCUT2D eigenvalue weighted by atomic mass is 16.4. The van der Waals surface area contributed by atoms with E-state index in [2.05, 4.69) is 0 Å². The summed E-state index contributed by atoms with van der Waals surface area (Å²) in [5, 5.41) is 7.99. The SMILES string of the molecule is CC(C)C(=O)O.O=C1C=C(N2CC2)C(=O)C(N2CC2)=C1N1CC1. The number of rotatable bonds is 4. The Morgan fingerprint density at radius 2 is 1.39 bits per heavy atom. The predicted octanol–water partition coefficient (Wildman–Crippen LogP) is -0.0925. The van der Waals surface area contributed by atoms with Crippen LogP contribution in [-0.4, -0.2) is 76.6 Å². The van der Waals surface area contributed by atoms with Gasteiger partial charge in [0.2, 0.25) is 11.6 Å². The quantitative estimate of drug-likeness (QED) is 0.573. The molecule has 7 nitrogen and oxygen atoms in total. The second-order valence-electron chi connectivity index (χ2n) is 6.37. The number of Topliss-reactive ketones (excluding diaryl/α,β-unsaturated/α-hetero) is 1. The van der Waals surface area contributed by atoms with Crippen molar-refractivity contribution in [3.63, 3.8) is 0 Å². The number of hydrogen-bond acceptors (Lipinski definition) is 6. The number of carbonyl (C=O) groups is 3. The largest absolute Gasteiger partial charge is 0.481 e. The molecular weight excluding hydrogens is 298 g/mol. The van der Waals surface area contributed by atoms with Gasteiger partial charge in [-0.1, -0.05) is 13.8 Å². The summed E-state index contributed by atoms with van der Waals surface area (Å²) in [5.41, 5.74) is 1.89. The lowest BCUT2D eigenvalue weighted by Crippen LogP contribution is -2.29. The van der Waals surface area contributed by atoms with Gasteiger partial charge in [-0.2, -0.15) is 0 Å². The Morgan fingerprint density at radius 3 is 1.78 bits per heavy atom. The van der Waals surface area contributed by atoms with Crippen molar-refractivity contribution in [2.45, 2.75) is 13.8 Å². The minimum absolute atomic E-state index is 0.00546. The van der Waals surface area contributed by atoms with Crippen LogP contribution >= 0.6 is 0 Å². The molecule has 0 bridgehead atoms. The van der Waals surface area contributed by atoms with Crippen molar-refractivity contribution in [3.8, 4) is 0 Å². The summed E-state index contributed by atoms with van der Waals surface area (Å²) in [4.78, 5) is 40.2. The highest BCUT2D eigenvalue weighted by Crippen LogP contribution is 2.33. The van der Waals surface area contributed by atoms with Gasteiger partial charge < -0.3 is 19.8 Å². The van der Waals surface area contributed by atoms with Crippen LogP contribution in [0.3, 0.4) is 0 Å². The summed E-state index contributed by atoms with van der Waals surface area (Å²) in [6.07, 6.45) is 1.52. The van der Waals surface area contributed by atoms with E-state index in [9.17, 15) is 14.4 Å². The lowest BCUT2D eigenvalue weighted by Gasteiger charge is -2.21. The van der Waals surface area contributed by atoms with E-state index in [4.69, 9.17) is 5.11 Å². The van der Waals surface area contributed by atoms with Crippen LogP contribution in [0.1, 0.15) is 13.8 Å². The third-order valence-electron chi connectivity index (χ3n) is 3.98. The van der Waals surface area contributed by atoms with E-state index in [0.29, 0.717) is 17.1 Å². The molecule has 0 aromatic carbocycles. The minimum atomic E-state index is -0.741. The van der Waals surface area contributed by atoms with Crippen molar-refractivity contribution in [3.05, 3.63) is 23.2 Å². The number of allylic oxidation sites excluding steroid dienone is 1. The zero-order valence-corrected chi connectivity index (χ0v) is 13.4. The number of ketones is 2. The molecule has 3 saturated heterocycles. The Hall–Kier alpha value is -2.31. The molecule has 23 heavy (non-hydrogen) atoms. The highest BCUT2D eigenvalue weighted by Gasteiger charge is 2.43. The molecule has 0 saturated carbocycles.